The largest absolute Gasteiger partial charge is 0.496 e. The molecule has 148 valence electrons. The molecular formula is C16H23F3IN3O3. The minimum atomic E-state index is -4.23. The highest BCUT2D eigenvalue weighted by Gasteiger charge is 2.26. The molecule has 0 unspecified atom stereocenters. The fraction of sp³-hybridized carbons (Fsp3) is 0.500. The van der Waals surface area contributed by atoms with Gasteiger partial charge in [-0.25, -0.2) is 9.79 Å². The number of hydrogen-bond donors (Lipinski definition) is 2. The molecule has 0 aliphatic heterocycles. The molecule has 0 radical (unpaired) electrons. The van der Waals surface area contributed by atoms with E-state index in [1.807, 2.05) is 6.92 Å². The molecule has 10 heteroatoms. The summed E-state index contributed by atoms with van der Waals surface area (Å²) in [6.45, 7) is 2.22. The van der Waals surface area contributed by atoms with Crippen molar-refractivity contribution in [2.45, 2.75) is 26.1 Å². The molecule has 0 amide bonds. The topological polar surface area (TPSA) is 72.0 Å². The van der Waals surface area contributed by atoms with Crippen molar-refractivity contribution in [2.75, 3.05) is 27.3 Å². The predicted molar refractivity (Wildman–Crippen MR) is 103 cm³/mol. The first-order valence-electron chi connectivity index (χ1n) is 7.65. The Hall–Kier alpha value is -1.72. The molecule has 1 rings (SSSR count). The maximum Gasteiger partial charge on any atom is 0.390 e. The Balaban J connectivity index is 0.00000625. The lowest BCUT2D eigenvalue weighted by Crippen LogP contribution is -2.38. The Bertz CT molecular complexity index is 610. The van der Waals surface area contributed by atoms with Crippen molar-refractivity contribution in [1.82, 2.24) is 10.6 Å². The Labute approximate surface area is 167 Å². The van der Waals surface area contributed by atoms with E-state index in [2.05, 4.69) is 15.6 Å². The Morgan fingerprint density at radius 1 is 1.23 bits per heavy atom. The first-order valence-corrected chi connectivity index (χ1v) is 7.65. The van der Waals surface area contributed by atoms with Crippen LogP contribution in [0.25, 0.3) is 0 Å². The van der Waals surface area contributed by atoms with Gasteiger partial charge in [0.15, 0.2) is 5.96 Å². The molecule has 0 aliphatic carbocycles. The molecule has 0 fully saturated rings. The van der Waals surface area contributed by atoms with Crippen LogP contribution >= 0.6 is 24.0 Å². The number of rotatable bonds is 7. The summed E-state index contributed by atoms with van der Waals surface area (Å²) in [6, 6.07) is 4.91. The minimum Gasteiger partial charge on any atom is -0.496 e. The molecule has 0 atom stereocenters. The van der Waals surface area contributed by atoms with E-state index in [0.717, 1.165) is 0 Å². The number of methoxy groups -OCH3 is 2. The number of esters is 1. The highest BCUT2D eigenvalue weighted by atomic mass is 127. The molecule has 0 saturated heterocycles. The van der Waals surface area contributed by atoms with Crippen molar-refractivity contribution in [3.63, 3.8) is 0 Å². The van der Waals surface area contributed by atoms with Crippen molar-refractivity contribution in [3.05, 3.63) is 29.3 Å². The fourth-order valence-electron chi connectivity index (χ4n) is 1.96. The second kappa shape index (κ2) is 11.8. The fourth-order valence-corrected chi connectivity index (χ4v) is 1.96. The molecule has 0 aliphatic rings. The van der Waals surface area contributed by atoms with Crippen molar-refractivity contribution in [3.8, 4) is 5.75 Å². The maximum atomic E-state index is 12.2. The van der Waals surface area contributed by atoms with Gasteiger partial charge in [-0.2, -0.15) is 13.2 Å². The molecule has 0 bridgehead atoms. The van der Waals surface area contributed by atoms with Crippen LogP contribution in [0.15, 0.2) is 23.2 Å². The van der Waals surface area contributed by atoms with Gasteiger partial charge in [-0.3, -0.25) is 0 Å². The van der Waals surface area contributed by atoms with E-state index in [4.69, 9.17) is 9.47 Å². The van der Waals surface area contributed by atoms with Crippen LogP contribution in [0.2, 0.25) is 0 Å². The van der Waals surface area contributed by atoms with Gasteiger partial charge in [0.25, 0.3) is 0 Å². The number of aliphatic imine (C=N–C) groups is 1. The number of nitrogens with zero attached hydrogens (tertiary/aromatic N) is 1. The first-order chi connectivity index (χ1) is 11.8. The van der Waals surface area contributed by atoms with Gasteiger partial charge >= 0.3 is 12.1 Å². The number of alkyl halides is 3. The standard InChI is InChI=1S/C16H22F3N3O3.HI/c1-4-20-15(21-8-7-16(17,18)19)22-10-11-5-6-13(24-2)12(9-11)14(23)25-3;/h5-6,9H,4,7-8,10H2,1-3H3,(H2,20,21,22);1H. The lowest BCUT2D eigenvalue weighted by atomic mass is 10.1. The summed E-state index contributed by atoms with van der Waals surface area (Å²) < 4.78 is 46.4. The van der Waals surface area contributed by atoms with Crippen LogP contribution in [0.3, 0.4) is 0 Å². The smallest absolute Gasteiger partial charge is 0.390 e. The van der Waals surface area contributed by atoms with E-state index in [0.29, 0.717) is 17.9 Å². The van der Waals surface area contributed by atoms with Crippen LogP contribution in [0.4, 0.5) is 13.2 Å². The normalized spacial score (nSPS) is 11.4. The molecule has 6 nitrogen and oxygen atoms in total. The summed E-state index contributed by atoms with van der Waals surface area (Å²) >= 11 is 0. The van der Waals surface area contributed by atoms with Crippen LogP contribution in [-0.2, 0) is 11.3 Å². The molecule has 26 heavy (non-hydrogen) atoms. The van der Waals surface area contributed by atoms with E-state index >= 15 is 0 Å². The third-order valence-corrected chi connectivity index (χ3v) is 3.13. The van der Waals surface area contributed by atoms with Gasteiger partial charge in [0.2, 0.25) is 0 Å². The lowest BCUT2D eigenvalue weighted by Gasteiger charge is -2.13. The number of benzene rings is 1. The summed E-state index contributed by atoms with van der Waals surface area (Å²) in [5, 5.41) is 5.49. The zero-order valence-corrected chi connectivity index (χ0v) is 17.1. The third kappa shape index (κ3) is 8.59. The van der Waals surface area contributed by atoms with Crippen LogP contribution in [0.1, 0.15) is 29.3 Å². The number of hydrogen-bond acceptors (Lipinski definition) is 4. The highest BCUT2D eigenvalue weighted by Crippen LogP contribution is 2.21. The van der Waals surface area contributed by atoms with Gasteiger partial charge in [0, 0.05) is 13.1 Å². The molecule has 1 aromatic carbocycles. The Kier molecular flexibility index (Phi) is 11.0. The van der Waals surface area contributed by atoms with E-state index in [1.54, 1.807) is 18.2 Å². The van der Waals surface area contributed by atoms with E-state index < -0.39 is 18.6 Å². The number of carbonyl (C=O) groups is 1. The predicted octanol–water partition coefficient (Wildman–Crippen LogP) is 3.11. The minimum absolute atomic E-state index is 0. The van der Waals surface area contributed by atoms with Crippen LogP contribution in [-0.4, -0.2) is 45.4 Å². The van der Waals surface area contributed by atoms with Crippen LogP contribution in [0, 0.1) is 0 Å². The summed E-state index contributed by atoms with van der Waals surface area (Å²) in [4.78, 5) is 16.0. The van der Waals surface area contributed by atoms with Crippen molar-refractivity contribution in [2.24, 2.45) is 4.99 Å². The highest BCUT2D eigenvalue weighted by molar-refractivity contribution is 14.0. The first kappa shape index (κ1) is 24.3. The van der Waals surface area contributed by atoms with Gasteiger partial charge in [-0.1, -0.05) is 6.07 Å². The average molecular weight is 489 g/mol. The van der Waals surface area contributed by atoms with E-state index in [9.17, 15) is 18.0 Å². The number of halogens is 4. The van der Waals surface area contributed by atoms with Crippen molar-refractivity contribution < 1.29 is 27.4 Å². The molecule has 1 aromatic rings. The zero-order chi connectivity index (χ0) is 18.9. The van der Waals surface area contributed by atoms with Crippen molar-refractivity contribution in [1.29, 1.82) is 0 Å². The number of guanidine groups is 1. The summed E-state index contributed by atoms with van der Waals surface area (Å²) in [7, 11) is 2.70. The van der Waals surface area contributed by atoms with Crippen LogP contribution in [0.5, 0.6) is 5.75 Å². The van der Waals surface area contributed by atoms with Gasteiger partial charge in [-0.05, 0) is 24.6 Å². The van der Waals surface area contributed by atoms with Gasteiger partial charge in [0.1, 0.15) is 11.3 Å². The zero-order valence-electron chi connectivity index (χ0n) is 14.8. The Morgan fingerprint density at radius 2 is 1.92 bits per heavy atom. The summed E-state index contributed by atoms with van der Waals surface area (Å²) in [5.41, 5.74) is 0.946. The van der Waals surface area contributed by atoms with Gasteiger partial charge in [0.05, 0.1) is 27.2 Å². The van der Waals surface area contributed by atoms with Gasteiger partial charge in [-0.15, -0.1) is 24.0 Å². The van der Waals surface area contributed by atoms with Crippen molar-refractivity contribution >= 4 is 35.9 Å². The maximum absolute atomic E-state index is 12.2. The lowest BCUT2D eigenvalue weighted by molar-refractivity contribution is -0.132. The molecule has 0 saturated carbocycles. The van der Waals surface area contributed by atoms with Gasteiger partial charge < -0.3 is 20.1 Å². The second-order valence-electron chi connectivity index (χ2n) is 5.01. The SMILES string of the molecule is CCNC(=NCc1ccc(OC)c(C(=O)OC)c1)NCCC(F)(F)F.I. The molecule has 0 aromatic heterocycles. The third-order valence-electron chi connectivity index (χ3n) is 3.13. The van der Waals surface area contributed by atoms with E-state index in [-0.39, 0.29) is 48.6 Å². The van der Waals surface area contributed by atoms with Crippen LogP contribution < -0.4 is 15.4 Å². The Morgan fingerprint density at radius 3 is 2.46 bits per heavy atom. The average Bonchev–Trinajstić information content (AvgIpc) is 2.57. The van der Waals surface area contributed by atoms with E-state index in [1.165, 1.54) is 14.2 Å². The quantitative estimate of drug-likeness (QED) is 0.267. The monoisotopic (exact) mass is 489 g/mol. The summed E-state index contributed by atoms with van der Waals surface area (Å²) in [5.74, 6) is 0.0925. The number of nitrogens with one attached hydrogen (secondary N) is 2. The molecule has 0 spiro atoms. The second-order valence-corrected chi connectivity index (χ2v) is 5.01. The molecular weight excluding hydrogens is 466 g/mol. The molecule has 2 N–H and O–H groups in total. The number of carbonyl (C=O) groups excluding carboxylic acids is 1. The molecule has 0 heterocycles. The summed E-state index contributed by atoms with van der Waals surface area (Å²) in [6.07, 6.45) is -5.18. The number of ether oxygens (including phenoxy) is 2.